The first kappa shape index (κ1) is 18.9. The molecular weight excluding hydrogens is 306 g/mol. The van der Waals surface area contributed by atoms with E-state index in [1.165, 1.54) is 6.92 Å². The van der Waals surface area contributed by atoms with Gasteiger partial charge in [0, 0.05) is 12.6 Å². The first-order valence-electron chi connectivity index (χ1n) is 7.58. The van der Waals surface area contributed by atoms with Gasteiger partial charge in [0.2, 0.25) is 6.10 Å². The van der Waals surface area contributed by atoms with Crippen molar-refractivity contribution in [3.05, 3.63) is 54.3 Å². The van der Waals surface area contributed by atoms with Crippen molar-refractivity contribution in [1.29, 1.82) is 0 Å². The summed E-state index contributed by atoms with van der Waals surface area (Å²) >= 11 is 0. The monoisotopic (exact) mass is 331 g/mol. The van der Waals surface area contributed by atoms with Crippen molar-refractivity contribution < 1.29 is 14.3 Å². The molecule has 0 aromatic heterocycles. The van der Waals surface area contributed by atoms with Gasteiger partial charge in [-0.15, -0.1) is 6.58 Å². The van der Waals surface area contributed by atoms with Crippen LogP contribution < -0.4 is 5.32 Å². The lowest BCUT2D eigenvalue weighted by Gasteiger charge is -2.22. The summed E-state index contributed by atoms with van der Waals surface area (Å²) in [6.45, 7) is 11.5. The number of hydrogen-bond acceptors (Lipinski definition) is 3. The van der Waals surface area contributed by atoms with Crippen molar-refractivity contribution in [2.24, 2.45) is 0 Å². The Kier molecular flexibility index (Phi) is 6.97. The van der Waals surface area contributed by atoms with E-state index in [2.05, 4.69) is 37.2 Å². The summed E-state index contributed by atoms with van der Waals surface area (Å²) in [5, 5.41) is 2.80. The first-order valence-corrected chi connectivity index (χ1v) is 11.2. The molecule has 1 amide bonds. The number of hydrogen-bond donors (Lipinski definition) is 1. The van der Waals surface area contributed by atoms with Crippen LogP contribution in [0.1, 0.15) is 13.3 Å². The number of esters is 1. The fourth-order valence-electron chi connectivity index (χ4n) is 2.16. The van der Waals surface area contributed by atoms with Gasteiger partial charge in [-0.05, 0) is 24.1 Å². The van der Waals surface area contributed by atoms with Crippen molar-refractivity contribution in [3.63, 3.8) is 0 Å². The Bertz CT molecular complexity index is 588. The molecule has 0 saturated carbocycles. The van der Waals surface area contributed by atoms with E-state index in [-0.39, 0.29) is 5.91 Å². The first-order chi connectivity index (χ1) is 10.7. The number of ether oxygens (including phenoxy) is 1. The number of nitrogens with one attached hydrogen (secondary N) is 1. The van der Waals surface area contributed by atoms with E-state index in [9.17, 15) is 9.59 Å². The van der Waals surface area contributed by atoms with Crippen molar-refractivity contribution in [3.8, 4) is 0 Å². The highest BCUT2D eigenvalue weighted by Crippen LogP contribution is 2.19. The minimum absolute atomic E-state index is 0.349. The molecule has 1 aromatic carbocycles. The van der Waals surface area contributed by atoms with E-state index in [1.54, 1.807) is 18.2 Å². The summed E-state index contributed by atoms with van der Waals surface area (Å²) in [5.74, 6) is -0.832. The molecule has 1 aromatic rings. The maximum absolute atomic E-state index is 12.6. The topological polar surface area (TPSA) is 55.4 Å². The zero-order valence-corrected chi connectivity index (χ0v) is 15.3. The van der Waals surface area contributed by atoms with E-state index >= 15 is 0 Å². The van der Waals surface area contributed by atoms with E-state index in [0.717, 1.165) is 5.57 Å². The molecule has 0 bridgehead atoms. The van der Waals surface area contributed by atoms with Crippen LogP contribution in [0.3, 0.4) is 0 Å². The number of carbonyl (C=O) groups excluding carboxylic acids is 2. The molecule has 1 rings (SSSR count). The van der Waals surface area contributed by atoms with Crippen LogP contribution in [0.5, 0.6) is 0 Å². The third-order valence-corrected chi connectivity index (χ3v) is 4.14. The fraction of sp³-hybridized carbons (Fsp3) is 0.333. The molecular formula is C18H25NO3Si. The third kappa shape index (κ3) is 7.10. The Morgan fingerprint density at radius 1 is 1.26 bits per heavy atom. The van der Waals surface area contributed by atoms with Gasteiger partial charge in [-0.1, -0.05) is 49.6 Å². The maximum Gasteiger partial charge on any atom is 0.303 e. The lowest BCUT2D eigenvalue weighted by Crippen LogP contribution is -2.35. The van der Waals surface area contributed by atoms with Crippen LogP contribution >= 0.6 is 0 Å². The summed E-state index contributed by atoms with van der Waals surface area (Å²) in [7, 11) is -1.59. The van der Waals surface area contributed by atoms with E-state index in [0.29, 0.717) is 12.1 Å². The third-order valence-electron chi connectivity index (χ3n) is 2.90. The molecule has 23 heavy (non-hydrogen) atoms. The normalized spacial score (nSPS) is 13.1. The molecule has 1 N–H and O–H groups in total. The van der Waals surface area contributed by atoms with E-state index < -0.39 is 20.1 Å². The summed E-state index contributed by atoms with van der Waals surface area (Å²) in [6.07, 6.45) is 1.29. The molecule has 0 spiro atoms. The number of carbonyl (C=O) groups is 2. The Morgan fingerprint density at radius 3 is 2.35 bits per heavy atom. The van der Waals surface area contributed by atoms with Crippen LogP contribution in [0.4, 0.5) is 5.69 Å². The molecule has 1 atom stereocenters. The second kappa shape index (κ2) is 8.48. The summed E-state index contributed by atoms with van der Waals surface area (Å²) in [4.78, 5) is 24.0. The quantitative estimate of drug-likeness (QED) is 0.468. The predicted octanol–water partition coefficient (Wildman–Crippen LogP) is 3.94. The highest BCUT2D eigenvalue weighted by atomic mass is 28.3. The van der Waals surface area contributed by atoms with Gasteiger partial charge in [0.15, 0.2) is 0 Å². The molecule has 124 valence electrons. The Balaban J connectivity index is 3.09. The minimum atomic E-state index is -1.59. The van der Waals surface area contributed by atoms with Crippen molar-refractivity contribution in [2.75, 3.05) is 5.32 Å². The Hall–Kier alpha value is -2.14. The molecule has 1 unspecified atom stereocenters. The van der Waals surface area contributed by atoms with Gasteiger partial charge in [0.1, 0.15) is 0 Å². The summed E-state index contributed by atoms with van der Waals surface area (Å²) < 4.78 is 5.30. The molecule has 0 heterocycles. The predicted molar refractivity (Wildman–Crippen MR) is 96.9 cm³/mol. The van der Waals surface area contributed by atoms with Gasteiger partial charge >= 0.3 is 5.97 Å². The molecule has 0 saturated heterocycles. The zero-order chi connectivity index (χ0) is 17.5. The second-order valence-corrected chi connectivity index (χ2v) is 11.4. The van der Waals surface area contributed by atoms with Gasteiger partial charge in [0.25, 0.3) is 5.91 Å². The van der Waals surface area contributed by atoms with Gasteiger partial charge in [-0.3, -0.25) is 9.59 Å². The average molecular weight is 331 g/mol. The number of amides is 1. The second-order valence-electron chi connectivity index (χ2n) is 6.42. The lowest BCUT2D eigenvalue weighted by molar-refractivity contribution is -0.149. The summed E-state index contributed by atoms with van der Waals surface area (Å²) in [5.41, 5.74) is 3.54. The zero-order valence-electron chi connectivity index (χ0n) is 14.3. The van der Waals surface area contributed by atoms with Gasteiger partial charge in [-0.2, -0.15) is 0 Å². The Morgan fingerprint density at radius 2 is 1.87 bits per heavy atom. The van der Waals surface area contributed by atoms with Crippen LogP contribution in [0.15, 0.2) is 54.3 Å². The molecule has 0 fully saturated rings. The average Bonchev–Trinajstić information content (AvgIpc) is 2.43. The highest BCUT2D eigenvalue weighted by molar-refractivity contribution is 6.81. The smallest absolute Gasteiger partial charge is 0.303 e. The number of benzene rings is 1. The van der Waals surface area contributed by atoms with Crippen LogP contribution in [-0.4, -0.2) is 26.1 Å². The van der Waals surface area contributed by atoms with Crippen LogP contribution in [-0.2, 0) is 14.3 Å². The fourth-order valence-corrected chi connectivity index (χ4v) is 3.54. The summed E-state index contributed by atoms with van der Waals surface area (Å²) in [6, 6.07) is 9.11. The molecule has 4 nitrogen and oxygen atoms in total. The van der Waals surface area contributed by atoms with E-state index in [1.807, 2.05) is 18.2 Å². The molecule has 0 aliphatic rings. The standard InChI is InChI=1S/C18H25NO3Si/c1-6-10-15(13-23(3,4)5)17(22-14(2)20)18(21)19-16-11-8-7-9-12-16/h6-9,11-13,17H,1,10H2,2-5H3,(H,19,21)/b15-13+. The van der Waals surface area contributed by atoms with Crippen LogP contribution in [0.25, 0.3) is 0 Å². The number of anilines is 1. The van der Waals surface area contributed by atoms with Crippen LogP contribution in [0.2, 0.25) is 19.6 Å². The Labute approximate surface area is 139 Å². The van der Waals surface area contributed by atoms with Gasteiger partial charge in [-0.25, -0.2) is 0 Å². The highest BCUT2D eigenvalue weighted by Gasteiger charge is 2.27. The number of para-hydroxylation sites is 1. The number of allylic oxidation sites excluding steroid dienone is 1. The number of rotatable bonds is 7. The maximum atomic E-state index is 12.6. The minimum Gasteiger partial charge on any atom is -0.448 e. The van der Waals surface area contributed by atoms with Crippen molar-refractivity contribution >= 4 is 25.6 Å². The van der Waals surface area contributed by atoms with Crippen molar-refractivity contribution in [2.45, 2.75) is 39.1 Å². The largest absolute Gasteiger partial charge is 0.448 e. The van der Waals surface area contributed by atoms with E-state index in [4.69, 9.17) is 4.74 Å². The molecule has 0 aliphatic carbocycles. The SMILES string of the molecule is C=CC/C(=C\[Si](C)(C)C)C(OC(C)=O)C(=O)Nc1ccccc1. The van der Waals surface area contributed by atoms with Gasteiger partial charge < -0.3 is 10.1 Å². The molecule has 5 heteroatoms. The van der Waals surface area contributed by atoms with Gasteiger partial charge in [0.05, 0.1) is 8.07 Å². The molecule has 0 radical (unpaired) electrons. The lowest BCUT2D eigenvalue weighted by atomic mass is 10.1. The van der Waals surface area contributed by atoms with Crippen LogP contribution in [0, 0.1) is 0 Å². The molecule has 0 aliphatic heterocycles. The van der Waals surface area contributed by atoms with Crippen molar-refractivity contribution in [1.82, 2.24) is 0 Å².